The number of nitrogens with one attached hydrogen (secondary N) is 1. The standard InChI is InChI=1S/C14H19N5S/c1-5-9-20-10-8-15-11-6-7-12-16-17-13(14(2,3)4)19(12)18-11/h1,6-7H,8-10H2,2-4H3,(H,15,18). The summed E-state index contributed by atoms with van der Waals surface area (Å²) in [4.78, 5) is 0. The average molecular weight is 289 g/mol. The predicted octanol–water partition coefficient (Wildman–Crippen LogP) is 2.20. The fraction of sp³-hybridized carbons (Fsp3) is 0.500. The minimum atomic E-state index is -0.0896. The molecule has 0 saturated carbocycles. The largest absolute Gasteiger partial charge is 0.368 e. The van der Waals surface area contributed by atoms with Gasteiger partial charge in [0.25, 0.3) is 0 Å². The SMILES string of the molecule is C#CCSCCNc1ccc2nnc(C(C)(C)C)n2n1. The molecule has 0 aliphatic rings. The summed E-state index contributed by atoms with van der Waals surface area (Å²) in [5.41, 5.74) is 0.676. The molecule has 20 heavy (non-hydrogen) atoms. The van der Waals surface area contributed by atoms with Gasteiger partial charge in [0.15, 0.2) is 11.5 Å². The highest BCUT2D eigenvalue weighted by Gasteiger charge is 2.21. The van der Waals surface area contributed by atoms with Crippen molar-refractivity contribution in [3.05, 3.63) is 18.0 Å². The van der Waals surface area contributed by atoms with Gasteiger partial charge in [0.05, 0.1) is 5.75 Å². The molecule has 0 atom stereocenters. The van der Waals surface area contributed by atoms with Gasteiger partial charge in [-0.25, -0.2) is 0 Å². The van der Waals surface area contributed by atoms with E-state index in [1.165, 1.54) is 0 Å². The van der Waals surface area contributed by atoms with Gasteiger partial charge in [-0.1, -0.05) is 26.7 Å². The number of hydrogen-bond donors (Lipinski definition) is 1. The van der Waals surface area contributed by atoms with Crippen LogP contribution in [0.2, 0.25) is 0 Å². The molecule has 0 fully saturated rings. The van der Waals surface area contributed by atoms with Gasteiger partial charge in [-0.2, -0.15) is 4.52 Å². The Morgan fingerprint density at radius 1 is 1.35 bits per heavy atom. The molecule has 0 radical (unpaired) electrons. The quantitative estimate of drug-likeness (QED) is 0.675. The first-order valence-corrected chi connectivity index (χ1v) is 7.66. The second-order valence-corrected chi connectivity index (χ2v) is 6.55. The van der Waals surface area contributed by atoms with Crippen LogP contribution >= 0.6 is 11.8 Å². The maximum absolute atomic E-state index is 5.21. The van der Waals surface area contributed by atoms with Gasteiger partial charge < -0.3 is 5.32 Å². The molecule has 6 heteroatoms. The third-order valence-electron chi connectivity index (χ3n) is 2.67. The molecule has 0 spiro atoms. The molecule has 0 aliphatic heterocycles. The lowest BCUT2D eigenvalue weighted by atomic mass is 9.96. The lowest BCUT2D eigenvalue weighted by Gasteiger charge is -2.15. The van der Waals surface area contributed by atoms with E-state index in [2.05, 4.69) is 47.3 Å². The van der Waals surface area contributed by atoms with E-state index in [1.807, 2.05) is 12.1 Å². The van der Waals surface area contributed by atoms with Crippen LogP contribution in [0.3, 0.4) is 0 Å². The van der Waals surface area contributed by atoms with Crippen molar-refractivity contribution in [2.24, 2.45) is 0 Å². The van der Waals surface area contributed by atoms with Crippen molar-refractivity contribution in [1.82, 2.24) is 19.8 Å². The molecule has 0 bridgehead atoms. The zero-order valence-electron chi connectivity index (χ0n) is 12.1. The molecule has 2 aromatic rings. The molecule has 106 valence electrons. The fourth-order valence-electron chi connectivity index (χ4n) is 1.73. The molecule has 2 heterocycles. The Labute approximate surface area is 123 Å². The molecule has 5 nitrogen and oxygen atoms in total. The first kappa shape index (κ1) is 14.7. The molecule has 0 saturated heterocycles. The second-order valence-electron chi connectivity index (χ2n) is 5.45. The van der Waals surface area contributed by atoms with E-state index < -0.39 is 0 Å². The molecule has 1 N–H and O–H groups in total. The van der Waals surface area contributed by atoms with E-state index in [0.717, 1.165) is 35.3 Å². The van der Waals surface area contributed by atoms with Gasteiger partial charge in [0.1, 0.15) is 5.82 Å². The highest BCUT2D eigenvalue weighted by atomic mass is 32.2. The van der Waals surface area contributed by atoms with Crippen LogP contribution in [0.1, 0.15) is 26.6 Å². The summed E-state index contributed by atoms with van der Waals surface area (Å²) in [6.45, 7) is 7.13. The van der Waals surface area contributed by atoms with Gasteiger partial charge in [0.2, 0.25) is 0 Å². The molecule has 0 amide bonds. The minimum absolute atomic E-state index is 0.0896. The third kappa shape index (κ3) is 3.42. The van der Waals surface area contributed by atoms with Crippen LogP contribution in [0.25, 0.3) is 5.65 Å². The Hall–Kier alpha value is -1.74. The molecule has 2 rings (SSSR count). The molecular weight excluding hydrogens is 270 g/mol. The van der Waals surface area contributed by atoms with Gasteiger partial charge in [-0.05, 0) is 12.1 Å². The van der Waals surface area contributed by atoms with Crippen molar-refractivity contribution in [3.63, 3.8) is 0 Å². The highest BCUT2D eigenvalue weighted by Crippen LogP contribution is 2.20. The summed E-state index contributed by atoms with van der Waals surface area (Å²) in [6.07, 6.45) is 5.21. The van der Waals surface area contributed by atoms with Crippen LogP contribution < -0.4 is 5.32 Å². The Kier molecular flexibility index (Phi) is 4.50. The Morgan fingerprint density at radius 3 is 2.85 bits per heavy atom. The molecule has 0 aromatic carbocycles. The van der Waals surface area contributed by atoms with Gasteiger partial charge in [-0.3, -0.25) is 0 Å². The number of terminal acetylenes is 1. The maximum Gasteiger partial charge on any atom is 0.178 e. The first-order valence-electron chi connectivity index (χ1n) is 6.50. The predicted molar refractivity (Wildman–Crippen MR) is 84.1 cm³/mol. The van der Waals surface area contributed by atoms with E-state index in [0.29, 0.717) is 0 Å². The summed E-state index contributed by atoms with van der Waals surface area (Å²) >= 11 is 1.73. The van der Waals surface area contributed by atoms with Gasteiger partial charge in [0, 0.05) is 17.7 Å². The van der Waals surface area contributed by atoms with Crippen molar-refractivity contribution < 1.29 is 0 Å². The van der Waals surface area contributed by atoms with Crippen molar-refractivity contribution in [2.75, 3.05) is 23.4 Å². The first-order chi connectivity index (χ1) is 9.52. The topological polar surface area (TPSA) is 55.1 Å². The number of thioether (sulfide) groups is 1. The normalized spacial score (nSPS) is 11.5. The van der Waals surface area contributed by atoms with Crippen LogP contribution in [0, 0.1) is 12.3 Å². The molecule has 0 unspecified atom stereocenters. The second kappa shape index (κ2) is 6.14. The van der Waals surface area contributed by atoms with Crippen LogP contribution in [0.4, 0.5) is 5.82 Å². The van der Waals surface area contributed by atoms with Crippen molar-refractivity contribution in [3.8, 4) is 12.3 Å². The zero-order chi connectivity index (χ0) is 14.6. The third-order valence-corrected chi connectivity index (χ3v) is 3.54. The van der Waals surface area contributed by atoms with Crippen LogP contribution in [0.5, 0.6) is 0 Å². The monoisotopic (exact) mass is 289 g/mol. The number of rotatable bonds is 5. The van der Waals surface area contributed by atoms with Crippen LogP contribution in [-0.4, -0.2) is 37.9 Å². The van der Waals surface area contributed by atoms with Gasteiger partial charge >= 0.3 is 0 Å². The number of anilines is 1. The van der Waals surface area contributed by atoms with Crippen molar-refractivity contribution >= 4 is 23.2 Å². The fourth-order valence-corrected chi connectivity index (χ4v) is 2.24. The summed E-state index contributed by atoms with van der Waals surface area (Å²) in [5.74, 6) is 5.99. The van der Waals surface area contributed by atoms with Crippen molar-refractivity contribution in [1.29, 1.82) is 0 Å². The lowest BCUT2D eigenvalue weighted by Crippen LogP contribution is -2.18. The smallest absolute Gasteiger partial charge is 0.178 e. The van der Waals surface area contributed by atoms with Crippen molar-refractivity contribution in [2.45, 2.75) is 26.2 Å². The minimum Gasteiger partial charge on any atom is -0.368 e. The van der Waals surface area contributed by atoms with E-state index >= 15 is 0 Å². The Bertz CT molecular complexity index is 621. The summed E-state index contributed by atoms with van der Waals surface area (Å²) < 4.78 is 1.80. The summed E-state index contributed by atoms with van der Waals surface area (Å²) in [7, 11) is 0. The summed E-state index contributed by atoms with van der Waals surface area (Å²) in [6, 6.07) is 3.84. The van der Waals surface area contributed by atoms with Crippen LogP contribution in [-0.2, 0) is 5.41 Å². The van der Waals surface area contributed by atoms with E-state index in [-0.39, 0.29) is 5.41 Å². The molecular formula is C14H19N5S. The molecule has 2 aromatic heterocycles. The highest BCUT2D eigenvalue weighted by molar-refractivity contribution is 7.99. The van der Waals surface area contributed by atoms with Gasteiger partial charge in [-0.15, -0.1) is 33.5 Å². The molecule has 0 aliphatic carbocycles. The lowest BCUT2D eigenvalue weighted by molar-refractivity contribution is 0.527. The Balaban J connectivity index is 2.10. The summed E-state index contributed by atoms with van der Waals surface area (Å²) in [5, 5.41) is 16.2. The number of nitrogens with zero attached hydrogens (tertiary/aromatic N) is 4. The van der Waals surface area contributed by atoms with Crippen LogP contribution in [0.15, 0.2) is 12.1 Å². The average Bonchev–Trinajstić information content (AvgIpc) is 2.81. The van der Waals surface area contributed by atoms with E-state index in [4.69, 9.17) is 6.42 Å². The maximum atomic E-state index is 5.21. The van der Waals surface area contributed by atoms with E-state index in [9.17, 15) is 0 Å². The van der Waals surface area contributed by atoms with E-state index in [1.54, 1.807) is 16.3 Å². The number of fused-ring (bicyclic) bond motifs is 1. The number of hydrogen-bond acceptors (Lipinski definition) is 5. The Morgan fingerprint density at radius 2 is 2.15 bits per heavy atom. The zero-order valence-corrected chi connectivity index (χ0v) is 12.9. The number of aromatic nitrogens is 4.